The van der Waals surface area contributed by atoms with Crippen molar-refractivity contribution >= 4 is 5.97 Å². The molecule has 10 heavy (non-hydrogen) atoms. The second-order valence-electron chi connectivity index (χ2n) is 2.91. The van der Waals surface area contributed by atoms with Crippen molar-refractivity contribution in [2.75, 3.05) is 7.11 Å². The summed E-state index contributed by atoms with van der Waals surface area (Å²) in [6.45, 7) is 0. The van der Waals surface area contributed by atoms with Crippen molar-refractivity contribution in [2.45, 2.75) is 32.1 Å². The second kappa shape index (κ2) is 3.59. The van der Waals surface area contributed by atoms with Gasteiger partial charge in [-0.3, -0.25) is 4.79 Å². The van der Waals surface area contributed by atoms with E-state index < -0.39 is 0 Å². The van der Waals surface area contributed by atoms with Crippen LogP contribution in [0.3, 0.4) is 0 Å². The number of hydrogen-bond donors (Lipinski definition) is 0. The van der Waals surface area contributed by atoms with Gasteiger partial charge in [-0.15, -0.1) is 0 Å². The smallest absolute Gasteiger partial charge is 0.305 e. The van der Waals surface area contributed by atoms with Gasteiger partial charge in [-0.1, -0.05) is 19.3 Å². The number of ether oxygens (including phenoxy) is 1. The Kier molecular flexibility index (Phi) is 2.72. The van der Waals surface area contributed by atoms with Crippen LogP contribution in [0, 0.1) is 5.92 Å². The Balaban J connectivity index is 1.98. The van der Waals surface area contributed by atoms with Crippen molar-refractivity contribution in [3.63, 3.8) is 0 Å². The zero-order valence-corrected chi connectivity index (χ0v) is 6.43. The maximum atomic E-state index is 10.6. The Labute approximate surface area is 61.6 Å². The quantitative estimate of drug-likeness (QED) is 0.561. The van der Waals surface area contributed by atoms with Crippen molar-refractivity contribution in [3.05, 3.63) is 0 Å². The highest BCUT2D eigenvalue weighted by Crippen LogP contribution is 2.30. The molecule has 1 fully saturated rings. The summed E-state index contributed by atoms with van der Waals surface area (Å²) in [5.41, 5.74) is 0. The SMILES string of the molecule is COC(=O)CCC1CCC1. The molecule has 1 saturated carbocycles. The fraction of sp³-hybridized carbons (Fsp3) is 0.875. The highest BCUT2D eigenvalue weighted by atomic mass is 16.5. The molecule has 0 aromatic heterocycles. The van der Waals surface area contributed by atoms with Gasteiger partial charge >= 0.3 is 5.97 Å². The van der Waals surface area contributed by atoms with Crippen LogP contribution in [0.2, 0.25) is 0 Å². The van der Waals surface area contributed by atoms with Gasteiger partial charge < -0.3 is 4.74 Å². The van der Waals surface area contributed by atoms with E-state index in [1.165, 1.54) is 26.4 Å². The van der Waals surface area contributed by atoms with Crippen LogP contribution in [-0.2, 0) is 9.53 Å². The zero-order valence-electron chi connectivity index (χ0n) is 6.43. The molecule has 1 rings (SSSR count). The summed E-state index contributed by atoms with van der Waals surface area (Å²) in [5.74, 6) is 0.756. The van der Waals surface area contributed by atoms with Crippen LogP contribution in [0.4, 0.5) is 0 Å². The number of carbonyl (C=O) groups excluding carboxylic acids is 1. The summed E-state index contributed by atoms with van der Waals surface area (Å²) in [6, 6.07) is 0. The van der Waals surface area contributed by atoms with Crippen molar-refractivity contribution in [1.29, 1.82) is 0 Å². The molecule has 0 atom stereocenters. The van der Waals surface area contributed by atoms with Gasteiger partial charge in [0.25, 0.3) is 0 Å². The Morgan fingerprint density at radius 2 is 2.30 bits per heavy atom. The van der Waals surface area contributed by atoms with Gasteiger partial charge in [0.1, 0.15) is 0 Å². The molecule has 0 aromatic carbocycles. The van der Waals surface area contributed by atoms with Crippen LogP contribution in [0.15, 0.2) is 0 Å². The van der Waals surface area contributed by atoms with Crippen LogP contribution in [0.1, 0.15) is 32.1 Å². The summed E-state index contributed by atoms with van der Waals surface area (Å²) < 4.78 is 4.53. The average molecular weight is 142 g/mol. The predicted octanol–water partition coefficient (Wildman–Crippen LogP) is 1.74. The summed E-state index contributed by atoms with van der Waals surface area (Å²) in [7, 11) is 1.45. The van der Waals surface area contributed by atoms with E-state index in [2.05, 4.69) is 4.74 Å². The van der Waals surface area contributed by atoms with Crippen LogP contribution in [0.25, 0.3) is 0 Å². The standard InChI is InChI=1S/C8H14O2/c1-10-8(9)6-5-7-3-2-4-7/h7H,2-6H2,1H3. The van der Waals surface area contributed by atoms with Gasteiger partial charge in [-0.05, 0) is 12.3 Å². The largest absolute Gasteiger partial charge is 0.469 e. The van der Waals surface area contributed by atoms with Gasteiger partial charge in [0.15, 0.2) is 0 Å². The van der Waals surface area contributed by atoms with E-state index >= 15 is 0 Å². The van der Waals surface area contributed by atoms with Gasteiger partial charge in [-0.25, -0.2) is 0 Å². The fourth-order valence-electron chi connectivity index (χ4n) is 1.21. The fourth-order valence-corrected chi connectivity index (χ4v) is 1.21. The second-order valence-corrected chi connectivity index (χ2v) is 2.91. The average Bonchev–Trinajstić information content (AvgIpc) is 1.84. The lowest BCUT2D eigenvalue weighted by molar-refractivity contribution is -0.141. The van der Waals surface area contributed by atoms with E-state index in [4.69, 9.17) is 0 Å². The first-order chi connectivity index (χ1) is 4.83. The van der Waals surface area contributed by atoms with Gasteiger partial charge in [0.05, 0.1) is 7.11 Å². The minimum absolute atomic E-state index is 0.0631. The Bertz CT molecular complexity index is 116. The highest BCUT2D eigenvalue weighted by Gasteiger charge is 2.17. The van der Waals surface area contributed by atoms with Gasteiger partial charge in [0, 0.05) is 6.42 Å². The minimum Gasteiger partial charge on any atom is -0.469 e. The molecule has 0 bridgehead atoms. The number of methoxy groups -OCH3 is 1. The van der Waals surface area contributed by atoms with Crippen molar-refractivity contribution in [3.8, 4) is 0 Å². The minimum atomic E-state index is -0.0631. The zero-order chi connectivity index (χ0) is 7.40. The van der Waals surface area contributed by atoms with Gasteiger partial charge in [-0.2, -0.15) is 0 Å². The molecule has 0 aliphatic heterocycles. The molecule has 0 unspecified atom stereocenters. The molecule has 2 nitrogen and oxygen atoms in total. The molecule has 0 radical (unpaired) electrons. The maximum absolute atomic E-state index is 10.6. The first-order valence-corrected chi connectivity index (χ1v) is 3.89. The highest BCUT2D eigenvalue weighted by molar-refractivity contribution is 5.69. The third kappa shape index (κ3) is 2.01. The first kappa shape index (κ1) is 7.58. The van der Waals surface area contributed by atoms with E-state index in [1.54, 1.807) is 0 Å². The number of carbonyl (C=O) groups is 1. The lowest BCUT2D eigenvalue weighted by Crippen LogP contribution is -2.13. The normalized spacial score (nSPS) is 18.1. The number of rotatable bonds is 3. The lowest BCUT2D eigenvalue weighted by atomic mass is 9.82. The maximum Gasteiger partial charge on any atom is 0.305 e. The molecule has 0 heterocycles. The number of esters is 1. The van der Waals surface area contributed by atoms with Gasteiger partial charge in [0.2, 0.25) is 0 Å². The van der Waals surface area contributed by atoms with E-state index in [1.807, 2.05) is 0 Å². The topological polar surface area (TPSA) is 26.3 Å². The van der Waals surface area contributed by atoms with Crippen molar-refractivity contribution < 1.29 is 9.53 Å². The Morgan fingerprint density at radius 3 is 2.70 bits per heavy atom. The van der Waals surface area contributed by atoms with Crippen molar-refractivity contribution in [2.24, 2.45) is 5.92 Å². The van der Waals surface area contributed by atoms with Crippen LogP contribution in [-0.4, -0.2) is 13.1 Å². The third-order valence-electron chi connectivity index (χ3n) is 2.21. The monoisotopic (exact) mass is 142 g/mol. The Hall–Kier alpha value is -0.530. The molecular weight excluding hydrogens is 128 g/mol. The summed E-state index contributed by atoms with van der Waals surface area (Å²) in [5, 5.41) is 0. The molecule has 1 aliphatic carbocycles. The van der Waals surface area contributed by atoms with E-state index in [0.29, 0.717) is 6.42 Å². The van der Waals surface area contributed by atoms with Crippen LogP contribution in [0.5, 0.6) is 0 Å². The molecule has 58 valence electrons. The molecule has 1 aliphatic rings. The van der Waals surface area contributed by atoms with E-state index in [9.17, 15) is 4.79 Å². The van der Waals surface area contributed by atoms with Crippen LogP contribution >= 0.6 is 0 Å². The molecular formula is C8H14O2. The molecule has 2 heteroatoms. The summed E-state index contributed by atoms with van der Waals surface area (Å²) in [4.78, 5) is 10.6. The van der Waals surface area contributed by atoms with Crippen LogP contribution < -0.4 is 0 Å². The third-order valence-corrected chi connectivity index (χ3v) is 2.21. The predicted molar refractivity (Wildman–Crippen MR) is 38.6 cm³/mol. The first-order valence-electron chi connectivity index (χ1n) is 3.89. The lowest BCUT2D eigenvalue weighted by Gasteiger charge is -2.24. The summed E-state index contributed by atoms with van der Waals surface area (Å²) in [6.07, 6.45) is 5.63. The van der Waals surface area contributed by atoms with E-state index in [-0.39, 0.29) is 5.97 Å². The van der Waals surface area contributed by atoms with Crippen molar-refractivity contribution in [1.82, 2.24) is 0 Å². The molecule has 0 spiro atoms. The molecule has 0 amide bonds. The molecule has 0 N–H and O–H groups in total. The van der Waals surface area contributed by atoms with E-state index in [0.717, 1.165) is 12.3 Å². The molecule has 0 aromatic rings. The molecule has 0 saturated heterocycles. The number of hydrogen-bond acceptors (Lipinski definition) is 2. The summed E-state index contributed by atoms with van der Waals surface area (Å²) >= 11 is 0. The Morgan fingerprint density at radius 1 is 1.60 bits per heavy atom.